The number of carbonyl (C=O) groups is 2. The highest BCUT2D eigenvalue weighted by molar-refractivity contribution is 6.34. The number of hydrogen-bond acceptors (Lipinski definition) is 8. The Morgan fingerprint density at radius 1 is 0.507 bits per heavy atom. The predicted octanol–water partition coefficient (Wildman–Crippen LogP) is 18.1. The lowest BCUT2D eigenvalue weighted by Crippen LogP contribution is -2.24. The number of ketones is 2. The van der Waals surface area contributed by atoms with Crippen LogP contribution < -0.4 is 20.1 Å². The van der Waals surface area contributed by atoms with Gasteiger partial charge in [0.2, 0.25) is 11.6 Å². The highest BCUT2D eigenvalue weighted by Gasteiger charge is 2.41. The van der Waals surface area contributed by atoms with E-state index in [9.17, 15) is 10.2 Å². The van der Waals surface area contributed by atoms with Crippen molar-refractivity contribution in [3.63, 3.8) is 0 Å². The van der Waals surface area contributed by atoms with E-state index in [2.05, 4.69) is 76.4 Å². The molecule has 6 aromatic rings. The molecule has 4 N–H and O–H groups in total. The number of carbonyl (C=O) groups excluding carboxylic acids is 2. The minimum absolute atomic E-state index is 0.0134. The molecule has 0 atom stereocenters. The summed E-state index contributed by atoms with van der Waals surface area (Å²) < 4.78 is 13.0. The second-order valence-corrected chi connectivity index (χ2v) is 22.3. The van der Waals surface area contributed by atoms with Crippen LogP contribution in [0.4, 0.5) is 22.7 Å². The monoisotopic (exact) mass is 981 g/mol. The number of nitrogens with one attached hydrogen (secondary N) is 2. The first-order chi connectivity index (χ1) is 35.3. The summed E-state index contributed by atoms with van der Waals surface area (Å²) in [5.41, 5.74) is 5.98. The summed E-state index contributed by atoms with van der Waals surface area (Å²) in [6.07, 6.45) is 19.3. The number of hydrogen-bond donors (Lipinski definition) is 4. The number of aromatic hydroxyl groups is 2. The zero-order chi connectivity index (χ0) is 51.2. The molecule has 0 bridgehead atoms. The fourth-order valence-electron chi connectivity index (χ4n) is 11.6. The molecule has 0 heterocycles. The van der Waals surface area contributed by atoms with E-state index >= 15 is 9.59 Å². The van der Waals surface area contributed by atoms with Crippen LogP contribution >= 0.6 is 0 Å². The molecule has 3 aliphatic rings. The number of benzene rings is 6. The molecule has 0 aliphatic heterocycles. The van der Waals surface area contributed by atoms with Crippen molar-refractivity contribution in [3.8, 4) is 34.5 Å². The van der Waals surface area contributed by atoms with Gasteiger partial charge in [-0.2, -0.15) is 0 Å². The van der Waals surface area contributed by atoms with Crippen LogP contribution in [0, 0.1) is 11.8 Å². The molecule has 73 heavy (non-hydrogen) atoms. The first-order valence-corrected chi connectivity index (χ1v) is 27.5. The summed E-state index contributed by atoms with van der Waals surface area (Å²) in [4.78, 5) is 30.8. The minimum Gasteiger partial charge on any atom is -0.504 e. The van der Waals surface area contributed by atoms with E-state index in [-0.39, 0.29) is 50.5 Å². The molecule has 3 aliphatic carbocycles. The number of anilines is 4. The van der Waals surface area contributed by atoms with Gasteiger partial charge in [0.1, 0.15) is 11.5 Å². The van der Waals surface area contributed by atoms with Gasteiger partial charge in [0.15, 0.2) is 23.0 Å². The molecule has 0 unspecified atom stereocenters. The molecule has 9 rings (SSSR count). The Morgan fingerprint density at radius 2 is 0.904 bits per heavy atom. The zero-order valence-corrected chi connectivity index (χ0v) is 44.0. The van der Waals surface area contributed by atoms with Crippen LogP contribution in [0.2, 0.25) is 0 Å². The Bertz CT molecular complexity index is 2860. The Hall–Kier alpha value is -6.54. The molecule has 0 amide bonds. The quantitative estimate of drug-likeness (QED) is 0.0628. The highest BCUT2D eigenvalue weighted by Crippen LogP contribution is 2.51. The largest absolute Gasteiger partial charge is 0.504 e. The van der Waals surface area contributed by atoms with Gasteiger partial charge in [-0.25, -0.2) is 0 Å². The van der Waals surface area contributed by atoms with E-state index in [0.29, 0.717) is 34.7 Å². The van der Waals surface area contributed by atoms with E-state index in [1.165, 1.54) is 107 Å². The van der Waals surface area contributed by atoms with Gasteiger partial charge in [0.05, 0.1) is 33.6 Å². The second-order valence-electron chi connectivity index (χ2n) is 22.3. The van der Waals surface area contributed by atoms with E-state index in [1.54, 1.807) is 12.1 Å². The fraction of sp³-hybridized carbons (Fsp3) is 0.415. The first-order valence-electron chi connectivity index (χ1n) is 27.5. The first kappa shape index (κ1) is 51.4. The van der Waals surface area contributed by atoms with Crippen LogP contribution in [-0.2, 0) is 11.8 Å². The van der Waals surface area contributed by atoms with E-state index in [0.717, 1.165) is 30.2 Å². The van der Waals surface area contributed by atoms with Crippen molar-refractivity contribution in [2.75, 3.05) is 10.6 Å². The summed E-state index contributed by atoms with van der Waals surface area (Å²) in [6.45, 7) is 13.1. The van der Waals surface area contributed by atoms with E-state index < -0.39 is 23.1 Å². The number of aryl methyl sites for hydroxylation is 1. The number of ether oxygens (including phenoxy) is 2. The number of unbranched alkanes of at least 4 members (excludes halogenated alkanes) is 2. The molecule has 0 spiro atoms. The molecule has 6 aromatic carbocycles. The van der Waals surface area contributed by atoms with E-state index in [1.807, 2.05) is 72.8 Å². The molecule has 2 saturated carbocycles. The van der Waals surface area contributed by atoms with Crippen molar-refractivity contribution in [2.24, 2.45) is 11.8 Å². The topological polar surface area (TPSA) is 117 Å². The summed E-state index contributed by atoms with van der Waals surface area (Å²) >= 11 is 0. The predicted molar refractivity (Wildman–Crippen MR) is 297 cm³/mol. The minimum atomic E-state index is -0.650. The van der Waals surface area contributed by atoms with Gasteiger partial charge < -0.3 is 30.3 Å². The standard InChI is InChI=1S/C65H76N2O6/c1-7-10-13-42-15-21-44(22-16-42)46-25-35-51(36-26-46)72-55-39-53(66-49-31-19-41(12-9-3)20-32-49)57-59(61(55)68)64(71)58-54(67-50-33-29-48(30-34-50)65(4,5)6)40-56(62(69)60(58)63(57)70)73-52-37-27-47(28-38-52)45-23-17-43(18-24-45)14-11-8-2/h19-20,25-40,42-45,66-69H,7-18,21-24H2,1-6H3. The van der Waals surface area contributed by atoms with Crippen molar-refractivity contribution >= 4 is 34.3 Å². The Kier molecular flexibility index (Phi) is 16.0. The molecule has 0 saturated heterocycles. The molecule has 0 aromatic heterocycles. The third kappa shape index (κ3) is 11.6. The van der Waals surface area contributed by atoms with Crippen LogP contribution in [0.1, 0.15) is 204 Å². The van der Waals surface area contributed by atoms with Crippen LogP contribution in [-0.4, -0.2) is 21.8 Å². The van der Waals surface area contributed by atoms with Crippen molar-refractivity contribution in [3.05, 3.63) is 154 Å². The smallest absolute Gasteiger partial charge is 0.200 e. The van der Waals surface area contributed by atoms with Gasteiger partial charge in [-0.05, 0) is 158 Å². The summed E-state index contributed by atoms with van der Waals surface area (Å²) in [7, 11) is 0. The second kappa shape index (κ2) is 22.7. The summed E-state index contributed by atoms with van der Waals surface area (Å²) in [5, 5.41) is 31.4. The summed E-state index contributed by atoms with van der Waals surface area (Å²) in [5.74, 6) is 1.38. The number of rotatable bonds is 18. The normalized spacial score (nSPS) is 18.7. The Balaban J connectivity index is 1.08. The Labute approximate surface area is 434 Å². The van der Waals surface area contributed by atoms with Crippen molar-refractivity contribution in [1.29, 1.82) is 0 Å². The molecule has 8 heteroatoms. The van der Waals surface area contributed by atoms with Gasteiger partial charge in [-0.3, -0.25) is 9.59 Å². The third-order valence-corrected chi connectivity index (χ3v) is 16.0. The fourth-order valence-corrected chi connectivity index (χ4v) is 11.6. The van der Waals surface area contributed by atoms with Crippen molar-refractivity contribution < 1.29 is 29.3 Å². The SMILES string of the molecule is CCCCC1CCC(c2ccc(Oc3cc(Nc4ccc(CCC)cc4)c4c(c3O)C(=O)c3c(Nc5ccc(C(C)(C)C)cc5)cc(Oc5ccc(C6CCC(CCCC)CC6)cc5)c(O)c3C4=O)cc2)CC1. The lowest BCUT2D eigenvalue weighted by molar-refractivity contribution is 0.0974. The zero-order valence-electron chi connectivity index (χ0n) is 44.0. The maximum atomic E-state index is 15.4. The molecular weight excluding hydrogens is 905 g/mol. The van der Waals surface area contributed by atoms with Crippen molar-refractivity contribution in [2.45, 2.75) is 162 Å². The maximum Gasteiger partial charge on any atom is 0.200 e. The van der Waals surface area contributed by atoms with Crippen LogP contribution in [0.25, 0.3) is 0 Å². The molecular formula is C65H76N2O6. The summed E-state index contributed by atoms with van der Waals surface area (Å²) in [6, 6.07) is 35.1. The third-order valence-electron chi connectivity index (χ3n) is 16.0. The van der Waals surface area contributed by atoms with Crippen LogP contribution in [0.5, 0.6) is 34.5 Å². The van der Waals surface area contributed by atoms with Gasteiger partial charge in [-0.15, -0.1) is 0 Å². The number of fused-ring (bicyclic) bond motifs is 2. The van der Waals surface area contributed by atoms with Gasteiger partial charge in [0.25, 0.3) is 0 Å². The average molecular weight is 981 g/mol. The van der Waals surface area contributed by atoms with Gasteiger partial charge >= 0.3 is 0 Å². The molecule has 2 fully saturated rings. The van der Waals surface area contributed by atoms with Gasteiger partial charge in [-0.1, -0.05) is 135 Å². The average Bonchev–Trinajstić information content (AvgIpc) is 3.39. The Morgan fingerprint density at radius 3 is 1.27 bits per heavy atom. The lowest BCUT2D eigenvalue weighted by Gasteiger charge is -2.29. The number of phenolic OH excluding ortho intramolecular Hbond substituents is 2. The van der Waals surface area contributed by atoms with Gasteiger partial charge in [0, 0.05) is 23.5 Å². The van der Waals surface area contributed by atoms with E-state index in [4.69, 9.17) is 9.47 Å². The molecule has 0 radical (unpaired) electrons. The molecule has 382 valence electrons. The van der Waals surface area contributed by atoms with Crippen LogP contribution in [0.3, 0.4) is 0 Å². The van der Waals surface area contributed by atoms with Crippen molar-refractivity contribution in [1.82, 2.24) is 0 Å². The highest BCUT2D eigenvalue weighted by atomic mass is 16.5. The lowest BCUT2D eigenvalue weighted by atomic mass is 9.77. The number of phenols is 2. The van der Waals surface area contributed by atoms with Crippen LogP contribution in [0.15, 0.2) is 109 Å². The maximum absolute atomic E-state index is 15.4. The molecule has 8 nitrogen and oxygen atoms in total.